The molecule has 0 bridgehead atoms. The van der Waals surface area contributed by atoms with Gasteiger partial charge in [-0.3, -0.25) is 0 Å². The van der Waals surface area contributed by atoms with Crippen molar-refractivity contribution in [2.75, 3.05) is 27.8 Å². The number of rotatable bonds is 6. The number of methoxy groups -OCH3 is 2. The second-order valence-electron chi connectivity index (χ2n) is 3.97. The van der Waals surface area contributed by atoms with Gasteiger partial charge in [-0.2, -0.15) is 4.98 Å². The fourth-order valence-corrected chi connectivity index (χ4v) is 1.64. The Labute approximate surface area is 111 Å². The highest BCUT2D eigenvalue weighted by Crippen LogP contribution is 2.28. The summed E-state index contributed by atoms with van der Waals surface area (Å²) in [7, 11) is 5.09. The smallest absolute Gasteiger partial charge is 0.228 e. The molecule has 0 atom stereocenters. The summed E-state index contributed by atoms with van der Waals surface area (Å²) in [5.41, 5.74) is 0.802. The third kappa shape index (κ3) is 3.23. The van der Waals surface area contributed by atoms with Crippen LogP contribution in [-0.2, 0) is 6.42 Å². The van der Waals surface area contributed by atoms with E-state index in [0.29, 0.717) is 29.6 Å². The summed E-state index contributed by atoms with van der Waals surface area (Å²) >= 11 is 0. The minimum Gasteiger partial charge on any atom is -0.497 e. The zero-order valence-electron chi connectivity index (χ0n) is 11.3. The Morgan fingerprint density at radius 3 is 2.42 bits per heavy atom. The topological polar surface area (TPSA) is 69.4 Å². The molecule has 1 aromatic heterocycles. The number of hydrogen-bond donors (Lipinski definition) is 1. The van der Waals surface area contributed by atoms with Crippen molar-refractivity contribution in [1.29, 1.82) is 0 Å². The molecule has 19 heavy (non-hydrogen) atoms. The molecule has 0 aliphatic carbocycles. The summed E-state index contributed by atoms with van der Waals surface area (Å²) < 4.78 is 15.6. The van der Waals surface area contributed by atoms with Gasteiger partial charge in [0.25, 0.3) is 0 Å². The lowest BCUT2D eigenvalue weighted by Gasteiger charge is -2.05. The number of ether oxygens (including phenoxy) is 2. The molecule has 0 fully saturated rings. The monoisotopic (exact) mass is 263 g/mol. The summed E-state index contributed by atoms with van der Waals surface area (Å²) in [4.78, 5) is 4.34. The Bertz CT molecular complexity index is 517. The zero-order valence-corrected chi connectivity index (χ0v) is 11.3. The van der Waals surface area contributed by atoms with Crippen molar-refractivity contribution in [2.45, 2.75) is 6.42 Å². The number of likely N-dealkylation sites (N-methyl/N-ethyl adjacent to an activating group) is 1. The van der Waals surface area contributed by atoms with Crippen LogP contribution in [0.4, 0.5) is 0 Å². The molecule has 0 saturated carbocycles. The molecule has 1 N–H and O–H groups in total. The molecule has 2 rings (SSSR count). The lowest BCUT2D eigenvalue weighted by molar-refractivity contribution is 0.377. The van der Waals surface area contributed by atoms with Crippen LogP contribution in [0.25, 0.3) is 11.4 Å². The van der Waals surface area contributed by atoms with Crippen LogP contribution >= 0.6 is 0 Å². The van der Waals surface area contributed by atoms with Crippen LogP contribution in [0, 0.1) is 0 Å². The average Bonchev–Trinajstić information content (AvgIpc) is 2.93. The van der Waals surface area contributed by atoms with E-state index in [-0.39, 0.29) is 0 Å². The molecular weight excluding hydrogens is 246 g/mol. The first-order valence-corrected chi connectivity index (χ1v) is 5.97. The largest absolute Gasteiger partial charge is 0.497 e. The minimum absolute atomic E-state index is 0.531. The van der Waals surface area contributed by atoms with Crippen molar-refractivity contribution < 1.29 is 14.0 Å². The Morgan fingerprint density at radius 1 is 1.16 bits per heavy atom. The van der Waals surface area contributed by atoms with Crippen LogP contribution < -0.4 is 14.8 Å². The number of nitrogens with one attached hydrogen (secondary N) is 1. The minimum atomic E-state index is 0.531. The van der Waals surface area contributed by atoms with Gasteiger partial charge in [-0.05, 0) is 19.2 Å². The van der Waals surface area contributed by atoms with Gasteiger partial charge < -0.3 is 19.3 Å². The highest BCUT2D eigenvalue weighted by Gasteiger charge is 2.11. The van der Waals surface area contributed by atoms with Crippen LogP contribution in [0.2, 0.25) is 0 Å². The van der Waals surface area contributed by atoms with E-state index in [2.05, 4.69) is 15.5 Å². The normalized spacial score (nSPS) is 10.5. The molecule has 0 aliphatic heterocycles. The van der Waals surface area contributed by atoms with E-state index in [1.807, 2.05) is 19.2 Å². The van der Waals surface area contributed by atoms with Gasteiger partial charge in [-0.25, -0.2) is 0 Å². The predicted molar refractivity (Wildman–Crippen MR) is 70.5 cm³/mol. The number of hydrogen-bond acceptors (Lipinski definition) is 6. The summed E-state index contributed by atoms with van der Waals surface area (Å²) in [6.07, 6.45) is 0.699. The first-order valence-electron chi connectivity index (χ1n) is 5.97. The summed E-state index contributed by atoms with van der Waals surface area (Å²) in [5.74, 6) is 2.52. The van der Waals surface area contributed by atoms with Crippen molar-refractivity contribution in [2.24, 2.45) is 0 Å². The Hall–Kier alpha value is -2.08. The Kier molecular flexibility index (Phi) is 4.35. The van der Waals surface area contributed by atoms with Crippen LogP contribution in [-0.4, -0.2) is 38.0 Å². The van der Waals surface area contributed by atoms with E-state index in [0.717, 1.165) is 12.1 Å². The molecule has 0 unspecified atom stereocenters. The van der Waals surface area contributed by atoms with Crippen molar-refractivity contribution in [1.82, 2.24) is 15.5 Å². The highest BCUT2D eigenvalue weighted by molar-refractivity contribution is 5.60. The summed E-state index contributed by atoms with van der Waals surface area (Å²) in [6, 6.07) is 5.48. The second-order valence-corrected chi connectivity index (χ2v) is 3.97. The molecule has 2 aromatic rings. The average molecular weight is 263 g/mol. The fourth-order valence-electron chi connectivity index (χ4n) is 1.64. The molecule has 6 heteroatoms. The number of benzene rings is 1. The first-order chi connectivity index (χ1) is 9.26. The van der Waals surface area contributed by atoms with E-state index < -0.39 is 0 Å². The summed E-state index contributed by atoms with van der Waals surface area (Å²) in [6.45, 7) is 0.795. The van der Waals surface area contributed by atoms with Crippen molar-refractivity contribution in [3.8, 4) is 22.9 Å². The third-order valence-electron chi connectivity index (χ3n) is 2.67. The Morgan fingerprint density at radius 2 is 1.84 bits per heavy atom. The summed E-state index contributed by atoms with van der Waals surface area (Å²) in [5, 5.41) is 7.00. The quantitative estimate of drug-likeness (QED) is 0.852. The van der Waals surface area contributed by atoms with Gasteiger partial charge in [-0.15, -0.1) is 0 Å². The molecule has 0 spiro atoms. The zero-order chi connectivity index (χ0) is 13.7. The van der Waals surface area contributed by atoms with Crippen LogP contribution in [0.1, 0.15) is 5.89 Å². The SMILES string of the molecule is CNCCc1nc(-c2cc(OC)cc(OC)c2)no1. The molecule has 6 nitrogen and oxygen atoms in total. The van der Waals surface area contributed by atoms with Crippen molar-refractivity contribution in [3.63, 3.8) is 0 Å². The van der Waals surface area contributed by atoms with E-state index in [9.17, 15) is 0 Å². The maximum atomic E-state index is 5.21. The first kappa shape index (κ1) is 13.4. The van der Waals surface area contributed by atoms with Gasteiger partial charge >= 0.3 is 0 Å². The highest BCUT2D eigenvalue weighted by atomic mass is 16.5. The van der Waals surface area contributed by atoms with Crippen LogP contribution in [0.3, 0.4) is 0 Å². The Balaban J connectivity index is 2.27. The number of aromatic nitrogens is 2. The van der Waals surface area contributed by atoms with Gasteiger partial charge in [-0.1, -0.05) is 5.16 Å². The van der Waals surface area contributed by atoms with E-state index in [1.54, 1.807) is 20.3 Å². The maximum absolute atomic E-state index is 5.21. The van der Waals surface area contributed by atoms with Gasteiger partial charge in [0.1, 0.15) is 11.5 Å². The second kappa shape index (κ2) is 6.19. The molecule has 102 valence electrons. The van der Waals surface area contributed by atoms with Crippen molar-refractivity contribution in [3.05, 3.63) is 24.1 Å². The third-order valence-corrected chi connectivity index (χ3v) is 2.67. The molecule has 1 heterocycles. The maximum Gasteiger partial charge on any atom is 0.228 e. The number of nitrogens with zero attached hydrogens (tertiary/aromatic N) is 2. The van der Waals surface area contributed by atoms with E-state index in [1.165, 1.54) is 0 Å². The lowest BCUT2D eigenvalue weighted by atomic mass is 10.2. The van der Waals surface area contributed by atoms with Gasteiger partial charge in [0.05, 0.1) is 14.2 Å². The molecular formula is C13H17N3O3. The van der Waals surface area contributed by atoms with Gasteiger partial charge in [0.2, 0.25) is 11.7 Å². The van der Waals surface area contributed by atoms with Crippen LogP contribution in [0.15, 0.2) is 22.7 Å². The molecule has 0 aliphatic rings. The molecule has 0 amide bonds. The van der Waals surface area contributed by atoms with Gasteiger partial charge in [0, 0.05) is 24.6 Å². The predicted octanol–water partition coefficient (Wildman–Crippen LogP) is 1.52. The van der Waals surface area contributed by atoms with E-state index >= 15 is 0 Å². The fraction of sp³-hybridized carbons (Fsp3) is 0.385. The van der Waals surface area contributed by atoms with Gasteiger partial charge in [0.15, 0.2) is 0 Å². The molecule has 0 radical (unpaired) electrons. The standard InChI is InChI=1S/C13H17N3O3/c1-14-5-4-12-15-13(16-19-12)9-6-10(17-2)8-11(7-9)18-3/h6-8,14H,4-5H2,1-3H3. The molecule has 0 saturated heterocycles. The van der Waals surface area contributed by atoms with Crippen LogP contribution in [0.5, 0.6) is 11.5 Å². The molecule has 1 aromatic carbocycles. The van der Waals surface area contributed by atoms with Crippen molar-refractivity contribution >= 4 is 0 Å². The van der Waals surface area contributed by atoms with E-state index in [4.69, 9.17) is 14.0 Å². The lowest BCUT2D eigenvalue weighted by Crippen LogP contribution is -2.10.